The third-order valence-electron chi connectivity index (χ3n) is 3.49. The summed E-state index contributed by atoms with van der Waals surface area (Å²) in [5, 5.41) is 6.68. The van der Waals surface area contributed by atoms with Crippen LogP contribution in [0.25, 0.3) is 27.6 Å². The molecule has 0 aliphatic rings. The fourth-order valence-corrected chi connectivity index (χ4v) is 2.50. The van der Waals surface area contributed by atoms with Gasteiger partial charge in [-0.1, -0.05) is 29.8 Å². The van der Waals surface area contributed by atoms with E-state index in [4.69, 9.17) is 4.98 Å². The quantitative estimate of drug-likeness (QED) is 0.519. The molecule has 3 heteroatoms. The van der Waals surface area contributed by atoms with Crippen LogP contribution in [-0.4, -0.2) is 14.8 Å². The van der Waals surface area contributed by atoms with Crippen LogP contribution < -0.4 is 0 Å². The predicted molar refractivity (Wildman–Crippen MR) is 81.1 cm³/mol. The first kappa shape index (κ1) is 11.2. The van der Waals surface area contributed by atoms with Gasteiger partial charge in [0.25, 0.3) is 0 Å². The highest BCUT2D eigenvalue weighted by Gasteiger charge is 2.07. The summed E-state index contributed by atoms with van der Waals surface area (Å²) in [6, 6.07) is 18.5. The predicted octanol–water partition coefficient (Wildman–Crippen LogP) is 3.88. The average molecular weight is 259 g/mol. The first-order valence-corrected chi connectivity index (χ1v) is 6.62. The second-order valence-corrected chi connectivity index (χ2v) is 4.99. The number of para-hydroxylation sites is 1. The van der Waals surface area contributed by atoms with Crippen molar-refractivity contribution in [3.05, 3.63) is 66.4 Å². The molecule has 20 heavy (non-hydrogen) atoms. The van der Waals surface area contributed by atoms with Crippen LogP contribution >= 0.6 is 0 Å². The van der Waals surface area contributed by atoms with Crippen LogP contribution in [0, 0.1) is 6.92 Å². The van der Waals surface area contributed by atoms with Crippen LogP contribution in [-0.2, 0) is 0 Å². The number of fused-ring (bicyclic) bond motifs is 2. The van der Waals surface area contributed by atoms with Crippen molar-refractivity contribution in [1.82, 2.24) is 14.8 Å². The van der Waals surface area contributed by atoms with E-state index >= 15 is 0 Å². The van der Waals surface area contributed by atoms with Crippen LogP contribution in [0.3, 0.4) is 0 Å². The van der Waals surface area contributed by atoms with Crippen LogP contribution in [0.5, 0.6) is 0 Å². The lowest BCUT2D eigenvalue weighted by atomic mass is 10.1. The molecule has 4 rings (SSSR count). The van der Waals surface area contributed by atoms with Gasteiger partial charge in [0.2, 0.25) is 0 Å². The molecule has 0 saturated carbocycles. The van der Waals surface area contributed by atoms with Gasteiger partial charge >= 0.3 is 0 Å². The van der Waals surface area contributed by atoms with Crippen molar-refractivity contribution in [2.75, 3.05) is 0 Å². The van der Waals surface area contributed by atoms with Gasteiger partial charge in [0.15, 0.2) is 5.65 Å². The lowest BCUT2D eigenvalue weighted by Gasteiger charge is -2.04. The minimum absolute atomic E-state index is 0.896. The van der Waals surface area contributed by atoms with Gasteiger partial charge in [-0.3, -0.25) is 0 Å². The molecule has 2 aromatic carbocycles. The van der Waals surface area contributed by atoms with Gasteiger partial charge in [0, 0.05) is 10.8 Å². The maximum atomic E-state index is 4.76. The van der Waals surface area contributed by atoms with Gasteiger partial charge in [0.05, 0.1) is 17.4 Å². The Bertz CT molecular complexity index is 907. The monoisotopic (exact) mass is 259 g/mol. The van der Waals surface area contributed by atoms with E-state index in [0.717, 1.165) is 27.6 Å². The molecular formula is C17H13N3. The van der Waals surface area contributed by atoms with Gasteiger partial charge in [-0.2, -0.15) is 5.10 Å². The molecular weight excluding hydrogens is 246 g/mol. The maximum Gasteiger partial charge on any atom is 0.163 e. The van der Waals surface area contributed by atoms with Crippen molar-refractivity contribution in [2.45, 2.75) is 6.92 Å². The van der Waals surface area contributed by atoms with E-state index in [1.165, 1.54) is 5.56 Å². The van der Waals surface area contributed by atoms with E-state index < -0.39 is 0 Å². The zero-order valence-electron chi connectivity index (χ0n) is 11.1. The van der Waals surface area contributed by atoms with E-state index in [-0.39, 0.29) is 0 Å². The summed E-state index contributed by atoms with van der Waals surface area (Å²) in [6.45, 7) is 2.09. The van der Waals surface area contributed by atoms with Gasteiger partial charge in [-0.15, -0.1) is 0 Å². The minimum Gasteiger partial charge on any atom is -0.228 e. The van der Waals surface area contributed by atoms with Crippen LogP contribution in [0.2, 0.25) is 0 Å². The molecule has 0 aliphatic heterocycles. The molecule has 0 unspecified atom stereocenters. The number of pyridine rings is 1. The Balaban J connectivity index is 2.03. The molecule has 2 heterocycles. The molecule has 0 aliphatic carbocycles. The van der Waals surface area contributed by atoms with Gasteiger partial charge in [-0.25, -0.2) is 9.67 Å². The van der Waals surface area contributed by atoms with E-state index in [1.807, 2.05) is 41.2 Å². The van der Waals surface area contributed by atoms with E-state index in [0.29, 0.717) is 0 Å². The van der Waals surface area contributed by atoms with Crippen LogP contribution in [0.15, 0.2) is 60.8 Å². The summed E-state index contributed by atoms with van der Waals surface area (Å²) in [4.78, 5) is 4.76. The van der Waals surface area contributed by atoms with Crippen molar-refractivity contribution in [3.63, 3.8) is 0 Å². The van der Waals surface area contributed by atoms with Gasteiger partial charge < -0.3 is 0 Å². The normalized spacial score (nSPS) is 11.2. The second kappa shape index (κ2) is 4.17. The third-order valence-corrected chi connectivity index (χ3v) is 3.49. The fraction of sp³-hybridized carbons (Fsp3) is 0.0588. The molecule has 0 spiro atoms. The molecule has 4 aromatic rings. The molecule has 0 N–H and O–H groups in total. The van der Waals surface area contributed by atoms with Gasteiger partial charge in [-0.05, 0) is 37.3 Å². The number of benzene rings is 2. The largest absolute Gasteiger partial charge is 0.228 e. The number of hydrogen-bond donors (Lipinski definition) is 0. The summed E-state index contributed by atoms with van der Waals surface area (Å²) < 4.78 is 1.88. The Kier molecular flexibility index (Phi) is 2.33. The molecule has 0 bridgehead atoms. The topological polar surface area (TPSA) is 30.7 Å². The summed E-state index contributed by atoms with van der Waals surface area (Å²) in [7, 11) is 0. The molecule has 0 saturated heterocycles. The first-order valence-electron chi connectivity index (χ1n) is 6.62. The lowest BCUT2D eigenvalue weighted by Crippen LogP contribution is -1.97. The summed E-state index contributed by atoms with van der Waals surface area (Å²) in [5.74, 6) is 0. The summed E-state index contributed by atoms with van der Waals surface area (Å²) >= 11 is 0. The number of nitrogens with zero attached hydrogens (tertiary/aromatic N) is 3. The van der Waals surface area contributed by atoms with Crippen LogP contribution in [0.4, 0.5) is 0 Å². The molecule has 0 fully saturated rings. The van der Waals surface area contributed by atoms with Crippen molar-refractivity contribution in [2.24, 2.45) is 0 Å². The minimum atomic E-state index is 0.896. The number of hydrogen-bond acceptors (Lipinski definition) is 2. The third kappa shape index (κ3) is 1.67. The number of aromatic nitrogens is 3. The van der Waals surface area contributed by atoms with E-state index in [2.05, 4.69) is 36.3 Å². The van der Waals surface area contributed by atoms with Crippen molar-refractivity contribution in [3.8, 4) is 5.69 Å². The van der Waals surface area contributed by atoms with Crippen LogP contribution in [0.1, 0.15) is 5.56 Å². The zero-order valence-corrected chi connectivity index (χ0v) is 11.1. The second-order valence-electron chi connectivity index (χ2n) is 4.99. The first-order chi connectivity index (χ1) is 9.81. The fourth-order valence-electron chi connectivity index (χ4n) is 2.50. The smallest absolute Gasteiger partial charge is 0.163 e. The molecule has 0 amide bonds. The SMILES string of the molecule is Cc1ccc2nc3c(cnn3-c3ccccc3)cc2c1. The summed E-state index contributed by atoms with van der Waals surface area (Å²) in [6.07, 6.45) is 1.87. The Hall–Kier alpha value is -2.68. The molecule has 0 radical (unpaired) electrons. The Morgan fingerprint density at radius 2 is 1.75 bits per heavy atom. The lowest BCUT2D eigenvalue weighted by molar-refractivity contribution is 0.899. The van der Waals surface area contributed by atoms with Crippen molar-refractivity contribution in [1.29, 1.82) is 0 Å². The highest BCUT2D eigenvalue weighted by Crippen LogP contribution is 2.22. The Morgan fingerprint density at radius 1 is 0.900 bits per heavy atom. The summed E-state index contributed by atoms with van der Waals surface area (Å²) in [5.41, 5.74) is 4.17. The van der Waals surface area contributed by atoms with E-state index in [9.17, 15) is 0 Å². The van der Waals surface area contributed by atoms with E-state index in [1.54, 1.807) is 0 Å². The number of rotatable bonds is 1. The maximum absolute atomic E-state index is 4.76. The highest BCUT2D eigenvalue weighted by atomic mass is 15.3. The molecule has 2 aromatic heterocycles. The van der Waals surface area contributed by atoms with Crippen molar-refractivity contribution >= 4 is 21.9 Å². The Morgan fingerprint density at radius 3 is 2.60 bits per heavy atom. The van der Waals surface area contributed by atoms with Gasteiger partial charge in [0.1, 0.15) is 0 Å². The average Bonchev–Trinajstić information content (AvgIpc) is 2.88. The zero-order chi connectivity index (χ0) is 13.5. The standard InChI is InChI=1S/C17H13N3/c1-12-7-8-16-13(9-12)10-14-11-18-20(17(14)19-16)15-5-3-2-4-6-15/h2-11H,1H3. The molecule has 0 atom stereocenters. The molecule has 96 valence electrons. The Labute approximate surface area is 116 Å². The van der Waals surface area contributed by atoms with Crippen molar-refractivity contribution < 1.29 is 0 Å². The molecule has 3 nitrogen and oxygen atoms in total. The highest BCUT2D eigenvalue weighted by molar-refractivity contribution is 5.91. The number of aryl methyl sites for hydroxylation is 1.